The minimum Gasteiger partial charge on any atom is -0.378 e. The fourth-order valence-corrected chi connectivity index (χ4v) is 1.36. The number of ether oxygens (including phenoxy) is 1. The van der Waals surface area contributed by atoms with Crippen LogP contribution in [0.5, 0.6) is 0 Å². The molecule has 0 aliphatic carbocycles. The van der Waals surface area contributed by atoms with E-state index in [2.05, 4.69) is 14.9 Å². The summed E-state index contributed by atoms with van der Waals surface area (Å²) in [6.45, 7) is 3.28. The maximum Gasteiger partial charge on any atom is 0.204 e. The SMILES string of the molecule is Clc1cnc(N2CCOCC2)[nH]1. The van der Waals surface area contributed by atoms with Crippen molar-refractivity contribution >= 4 is 17.5 Å². The van der Waals surface area contributed by atoms with Crippen LogP contribution >= 0.6 is 11.6 Å². The molecule has 4 nitrogen and oxygen atoms in total. The number of anilines is 1. The fraction of sp³-hybridized carbons (Fsp3) is 0.571. The van der Waals surface area contributed by atoms with E-state index in [1.54, 1.807) is 6.20 Å². The Morgan fingerprint density at radius 3 is 2.83 bits per heavy atom. The first-order valence-electron chi connectivity index (χ1n) is 3.89. The quantitative estimate of drug-likeness (QED) is 0.711. The first kappa shape index (κ1) is 7.89. The molecule has 0 atom stereocenters. The van der Waals surface area contributed by atoms with Crippen LogP contribution in [0.3, 0.4) is 0 Å². The van der Waals surface area contributed by atoms with E-state index >= 15 is 0 Å². The predicted molar refractivity (Wildman–Crippen MR) is 46.6 cm³/mol. The van der Waals surface area contributed by atoms with Crippen LogP contribution in [0.1, 0.15) is 0 Å². The molecule has 0 bridgehead atoms. The van der Waals surface area contributed by atoms with Crippen molar-refractivity contribution in [1.29, 1.82) is 0 Å². The zero-order chi connectivity index (χ0) is 8.39. The van der Waals surface area contributed by atoms with Crippen molar-refractivity contribution in [2.24, 2.45) is 0 Å². The highest BCUT2D eigenvalue weighted by atomic mass is 35.5. The molecule has 0 saturated carbocycles. The highest BCUT2D eigenvalue weighted by Gasteiger charge is 2.13. The van der Waals surface area contributed by atoms with Crippen LogP contribution in [0, 0.1) is 0 Å². The lowest BCUT2D eigenvalue weighted by Crippen LogP contribution is -2.36. The minimum atomic E-state index is 0.580. The Hall–Kier alpha value is -0.740. The van der Waals surface area contributed by atoms with Crippen molar-refractivity contribution in [3.63, 3.8) is 0 Å². The number of nitrogens with zero attached hydrogens (tertiary/aromatic N) is 2. The Bertz CT molecular complexity index is 257. The molecule has 1 N–H and O–H groups in total. The Labute approximate surface area is 75.5 Å². The summed E-state index contributed by atoms with van der Waals surface area (Å²) < 4.78 is 5.21. The number of hydrogen-bond acceptors (Lipinski definition) is 3. The molecule has 1 aromatic heterocycles. The summed E-state index contributed by atoms with van der Waals surface area (Å²) in [5, 5.41) is 0.580. The highest BCUT2D eigenvalue weighted by Crippen LogP contribution is 2.13. The molecule has 0 amide bonds. The third kappa shape index (κ3) is 1.54. The number of H-pyrrole nitrogens is 1. The van der Waals surface area contributed by atoms with Crippen LogP contribution < -0.4 is 4.90 Å². The summed E-state index contributed by atoms with van der Waals surface area (Å²) in [5.41, 5.74) is 0. The number of nitrogens with one attached hydrogen (secondary N) is 1. The van der Waals surface area contributed by atoms with E-state index in [1.807, 2.05) is 0 Å². The summed E-state index contributed by atoms with van der Waals surface area (Å²) in [6, 6.07) is 0. The first-order chi connectivity index (χ1) is 5.86. The Kier molecular flexibility index (Phi) is 2.19. The Balaban J connectivity index is 2.08. The van der Waals surface area contributed by atoms with Crippen LogP contribution in [-0.4, -0.2) is 36.3 Å². The van der Waals surface area contributed by atoms with Gasteiger partial charge in [0.25, 0.3) is 0 Å². The van der Waals surface area contributed by atoms with Gasteiger partial charge < -0.3 is 14.6 Å². The van der Waals surface area contributed by atoms with Crippen molar-refractivity contribution < 1.29 is 4.74 Å². The Morgan fingerprint density at radius 1 is 1.50 bits per heavy atom. The van der Waals surface area contributed by atoms with E-state index in [0.717, 1.165) is 32.3 Å². The molecule has 1 aromatic rings. The molecule has 5 heteroatoms. The predicted octanol–water partition coefficient (Wildman–Crippen LogP) is 0.900. The molecule has 1 aliphatic rings. The number of imidazole rings is 1. The Morgan fingerprint density at radius 2 is 2.25 bits per heavy atom. The molecular weight excluding hydrogens is 178 g/mol. The molecular formula is C7H10ClN3O. The monoisotopic (exact) mass is 187 g/mol. The third-order valence-corrected chi connectivity index (χ3v) is 2.03. The average Bonchev–Trinajstić information content (AvgIpc) is 2.54. The zero-order valence-electron chi connectivity index (χ0n) is 6.59. The normalized spacial score (nSPS) is 18.2. The second kappa shape index (κ2) is 3.33. The van der Waals surface area contributed by atoms with Crippen molar-refractivity contribution in [2.75, 3.05) is 31.2 Å². The molecule has 0 spiro atoms. The van der Waals surface area contributed by atoms with Crippen LogP contribution in [0.4, 0.5) is 5.95 Å². The first-order valence-corrected chi connectivity index (χ1v) is 4.27. The van der Waals surface area contributed by atoms with Gasteiger partial charge in [0.1, 0.15) is 5.15 Å². The summed E-state index contributed by atoms with van der Waals surface area (Å²) in [5.74, 6) is 0.836. The summed E-state index contributed by atoms with van der Waals surface area (Å²) in [7, 11) is 0. The number of aromatic nitrogens is 2. The maximum absolute atomic E-state index is 5.70. The molecule has 0 unspecified atom stereocenters. The number of halogens is 1. The summed E-state index contributed by atoms with van der Waals surface area (Å²) in [4.78, 5) is 9.21. The molecule has 1 aliphatic heterocycles. The van der Waals surface area contributed by atoms with E-state index in [9.17, 15) is 0 Å². The standard InChI is InChI=1S/C7H10ClN3O/c8-6-5-9-7(10-6)11-1-3-12-4-2-11/h5H,1-4H2,(H,9,10). The van der Waals surface area contributed by atoms with Crippen molar-refractivity contribution in [1.82, 2.24) is 9.97 Å². The maximum atomic E-state index is 5.70. The van der Waals surface area contributed by atoms with E-state index in [0.29, 0.717) is 5.15 Å². The van der Waals surface area contributed by atoms with E-state index in [1.165, 1.54) is 0 Å². The van der Waals surface area contributed by atoms with Gasteiger partial charge in [0.15, 0.2) is 0 Å². The lowest BCUT2D eigenvalue weighted by atomic mass is 10.4. The largest absolute Gasteiger partial charge is 0.378 e. The van der Waals surface area contributed by atoms with Crippen LogP contribution in [-0.2, 0) is 4.74 Å². The van der Waals surface area contributed by atoms with Crippen LogP contribution in [0.15, 0.2) is 6.20 Å². The van der Waals surface area contributed by atoms with Gasteiger partial charge in [-0.15, -0.1) is 0 Å². The van der Waals surface area contributed by atoms with Gasteiger partial charge in [-0.3, -0.25) is 0 Å². The average molecular weight is 188 g/mol. The van der Waals surface area contributed by atoms with Gasteiger partial charge in [-0.05, 0) is 0 Å². The third-order valence-electron chi connectivity index (χ3n) is 1.84. The molecule has 0 aromatic carbocycles. The lowest BCUT2D eigenvalue weighted by molar-refractivity contribution is 0.122. The highest BCUT2D eigenvalue weighted by molar-refractivity contribution is 6.29. The van der Waals surface area contributed by atoms with Gasteiger partial charge in [-0.2, -0.15) is 0 Å². The zero-order valence-corrected chi connectivity index (χ0v) is 7.34. The van der Waals surface area contributed by atoms with Gasteiger partial charge in [0.05, 0.1) is 19.4 Å². The summed E-state index contributed by atoms with van der Waals surface area (Å²) >= 11 is 5.70. The number of aromatic amines is 1. The second-order valence-electron chi connectivity index (χ2n) is 2.65. The van der Waals surface area contributed by atoms with Gasteiger partial charge in [-0.25, -0.2) is 4.98 Å². The van der Waals surface area contributed by atoms with Crippen LogP contribution in [0.25, 0.3) is 0 Å². The van der Waals surface area contributed by atoms with E-state index in [4.69, 9.17) is 16.3 Å². The number of rotatable bonds is 1. The van der Waals surface area contributed by atoms with Crippen molar-refractivity contribution in [3.8, 4) is 0 Å². The molecule has 1 fully saturated rings. The van der Waals surface area contributed by atoms with Gasteiger partial charge in [0.2, 0.25) is 5.95 Å². The van der Waals surface area contributed by atoms with Crippen molar-refractivity contribution in [2.45, 2.75) is 0 Å². The molecule has 2 rings (SSSR count). The van der Waals surface area contributed by atoms with Gasteiger partial charge in [0, 0.05) is 13.1 Å². The summed E-state index contributed by atoms with van der Waals surface area (Å²) in [6.07, 6.45) is 1.62. The minimum absolute atomic E-state index is 0.580. The van der Waals surface area contributed by atoms with Crippen molar-refractivity contribution in [3.05, 3.63) is 11.3 Å². The van der Waals surface area contributed by atoms with Crippen LogP contribution in [0.2, 0.25) is 5.15 Å². The molecule has 1 saturated heterocycles. The topological polar surface area (TPSA) is 41.2 Å². The molecule has 12 heavy (non-hydrogen) atoms. The van der Waals surface area contributed by atoms with E-state index < -0.39 is 0 Å². The number of morpholine rings is 1. The smallest absolute Gasteiger partial charge is 0.204 e. The molecule has 2 heterocycles. The fourth-order valence-electron chi connectivity index (χ4n) is 1.23. The molecule has 0 radical (unpaired) electrons. The number of hydrogen-bond donors (Lipinski definition) is 1. The van der Waals surface area contributed by atoms with Gasteiger partial charge >= 0.3 is 0 Å². The van der Waals surface area contributed by atoms with E-state index in [-0.39, 0.29) is 0 Å². The lowest BCUT2D eigenvalue weighted by Gasteiger charge is -2.25. The van der Waals surface area contributed by atoms with Gasteiger partial charge in [-0.1, -0.05) is 11.6 Å². The second-order valence-corrected chi connectivity index (χ2v) is 3.06. The molecule has 66 valence electrons.